The summed E-state index contributed by atoms with van der Waals surface area (Å²) in [6, 6.07) is 66.4. The lowest BCUT2D eigenvalue weighted by atomic mass is 9.64. The number of pyridine rings is 1. The molecule has 9 aromatic carbocycles. The van der Waals surface area contributed by atoms with Crippen LogP contribution in [0.15, 0.2) is 187 Å². The van der Waals surface area contributed by atoms with E-state index in [2.05, 4.69) is 349 Å². The van der Waals surface area contributed by atoms with Crippen molar-refractivity contribution >= 4 is 66.5 Å². The van der Waals surface area contributed by atoms with E-state index in [0.717, 1.165) is 83.7 Å². The van der Waals surface area contributed by atoms with Gasteiger partial charge in [0.1, 0.15) is 35.2 Å². The van der Waals surface area contributed by atoms with Crippen LogP contribution in [0.5, 0.6) is 11.5 Å². The van der Waals surface area contributed by atoms with E-state index in [1.165, 1.54) is 78.0 Å². The predicted molar refractivity (Wildman–Crippen MR) is 411 cm³/mol. The van der Waals surface area contributed by atoms with Crippen molar-refractivity contribution in [2.24, 2.45) is 5.41 Å². The van der Waals surface area contributed by atoms with Crippen LogP contribution in [0.2, 0.25) is 0 Å². The summed E-state index contributed by atoms with van der Waals surface area (Å²) in [6.45, 7) is 51.9. The molecule has 1 aliphatic rings. The third-order valence-electron chi connectivity index (χ3n) is 21.2. The lowest BCUT2D eigenvalue weighted by Crippen LogP contribution is -2.34. The second-order valence-electron chi connectivity index (χ2n) is 33.9. The maximum atomic E-state index is 7.52. The molecule has 0 radical (unpaired) electrons. The summed E-state index contributed by atoms with van der Waals surface area (Å²) < 4.78 is 16.7. The molecular formula is C90H100N4O2. The van der Waals surface area contributed by atoms with E-state index in [1.54, 1.807) is 0 Å². The molecule has 0 aliphatic carbocycles. The van der Waals surface area contributed by atoms with Gasteiger partial charge in [0.2, 0.25) is 0 Å². The van der Waals surface area contributed by atoms with Gasteiger partial charge in [-0.2, -0.15) is 0 Å². The van der Waals surface area contributed by atoms with Gasteiger partial charge in [0.25, 0.3) is 0 Å². The summed E-state index contributed by atoms with van der Waals surface area (Å²) in [4.78, 5) is 10.4. The Balaban J connectivity index is 1.04. The second kappa shape index (κ2) is 23.5. The van der Waals surface area contributed by atoms with Gasteiger partial charge in [-0.1, -0.05) is 249 Å². The van der Waals surface area contributed by atoms with Gasteiger partial charge < -0.3 is 19.0 Å². The minimum atomic E-state index is -0.166. The summed E-state index contributed by atoms with van der Waals surface area (Å²) in [5.41, 5.74) is 25.3. The molecule has 6 heteroatoms. The molecule has 0 fully saturated rings. The zero-order valence-electron chi connectivity index (χ0n) is 61.3. The summed E-state index contributed by atoms with van der Waals surface area (Å²) in [7, 11) is 0. The van der Waals surface area contributed by atoms with E-state index in [9.17, 15) is 0 Å². The average molecular weight is 1270 g/mol. The smallest absolute Gasteiger partial charge is 0.145 e. The summed E-state index contributed by atoms with van der Waals surface area (Å²) in [5, 5.41) is 4.31. The highest BCUT2D eigenvalue weighted by Crippen LogP contribution is 2.54. The fourth-order valence-corrected chi connectivity index (χ4v) is 14.5. The Labute approximate surface area is 572 Å². The Morgan fingerprint density at radius 2 is 0.990 bits per heavy atom. The molecule has 6 nitrogen and oxygen atoms in total. The second-order valence-corrected chi connectivity index (χ2v) is 33.9. The van der Waals surface area contributed by atoms with Gasteiger partial charge in [-0.05, 0) is 179 Å². The number of rotatable bonds is 11. The van der Waals surface area contributed by atoms with Gasteiger partial charge in [0.05, 0.1) is 33.5 Å². The molecule has 96 heavy (non-hydrogen) atoms. The van der Waals surface area contributed by atoms with Gasteiger partial charge >= 0.3 is 0 Å². The first-order valence-corrected chi connectivity index (χ1v) is 35.0. The van der Waals surface area contributed by atoms with Crippen LogP contribution < -0.4 is 14.5 Å². The van der Waals surface area contributed by atoms with Crippen molar-refractivity contribution in [2.75, 3.05) is 16.5 Å². The van der Waals surface area contributed by atoms with E-state index in [4.69, 9.17) is 14.1 Å². The Kier molecular flexibility index (Phi) is 16.1. The topological polar surface area (TPSA) is 46.7 Å². The number of furan rings is 1. The van der Waals surface area contributed by atoms with E-state index in [-0.39, 0.29) is 44.3 Å². The number of para-hydroxylation sites is 4. The molecule has 1 aliphatic heterocycles. The van der Waals surface area contributed by atoms with Crippen LogP contribution in [0.4, 0.5) is 22.7 Å². The fraction of sp³-hybridized carbons (Fsp3) is 0.344. The number of aromatic nitrogens is 2. The van der Waals surface area contributed by atoms with Crippen molar-refractivity contribution in [3.63, 3.8) is 0 Å². The van der Waals surface area contributed by atoms with E-state index >= 15 is 0 Å². The highest BCUT2D eigenvalue weighted by Gasteiger charge is 2.38. The monoisotopic (exact) mass is 1270 g/mol. The maximum Gasteiger partial charge on any atom is 0.145 e. The number of hydrogen-bond donors (Lipinski definition) is 0. The molecule has 492 valence electrons. The van der Waals surface area contributed by atoms with Gasteiger partial charge in [-0.15, -0.1) is 0 Å². The molecule has 12 aromatic rings. The molecular weight excluding hydrogens is 1170 g/mol. The normalized spacial score (nSPS) is 13.6. The Morgan fingerprint density at radius 1 is 0.458 bits per heavy atom. The zero-order chi connectivity index (χ0) is 68.7. The quantitative estimate of drug-likeness (QED) is 0.129. The largest absolute Gasteiger partial charge is 0.457 e. The number of fused-ring (bicyclic) bond motifs is 8. The molecule has 0 atom stereocenters. The minimum Gasteiger partial charge on any atom is -0.457 e. The van der Waals surface area contributed by atoms with E-state index in [0.29, 0.717) is 6.67 Å². The molecule has 13 rings (SSSR count). The van der Waals surface area contributed by atoms with Crippen LogP contribution in [-0.2, 0) is 27.1 Å². The molecule has 3 aromatic heterocycles. The Morgan fingerprint density at radius 3 is 1.54 bits per heavy atom. The summed E-state index contributed by atoms with van der Waals surface area (Å²) in [6.07, 6.45) is 2.06. The molecule has 0 saturated carbocycles. The van der Waals surface area contributed by atoms with Gasteiger partial charge in [0, 0.05) is 51.3 Å². The lowest BCUT2D eigenvalue weighted by molar-refractivity contribution is 0.224. The van der Waals surface area contributed by atoms with Gasteiger partial charge in [0.15, 0.2) is 0 Å². The van der Waals surface area contributed by atoms with Crippen molar-refractivity contribution in [1.82, 2.24) is 9.55 Å². The highest BCUT2D eigenvalue weighted by molar-refractivity contribution is 6.24. The van der Waals surface area contributed by atoms with Crippen molar-refractivity contribution in [1.29, 1.82) is 0 Å². The molecule has 0 amide bonds. The first kappa shape index (κ1) is 65.8. The molecule has 0 spiro atoms. The van der Waals surface area contributed by atoms with Crippen LogP contribution in [0, 0.1) is 12.3 Å². The molecule has 4 heterocycles. The Bertz CT molecular complexity index is 4840. The van der Waals surface area contributed by atoms with Crippen molar-refractivity contribution in [3.8, 4) is 50.7 Å². The first-order chi connectivity index (χ1) is 45.1. The van der Waals surface area contributed by atoms with Crippen LogP contribution in [0.25, 0.3) is 82.9 Å². The SMILES string of the molecule is Cc1cnc(-n2c3cc(Oc4cc(-c5c(C(C)C)cccc5C(C)C)cc(N5CN(c6c(-c7cc(C(C)(C)C)cc(C(C)(C)C)c7)cccc6-c6cc(C(C)(C)C)cc(C(C)(C)C)c6)c6ccccc65)c4)ccc3c3c4oc5ccccc5c4ccc32)cc1C(C)(C)C(C)(C)C. The predicted octanol–water partition coefficient (Wildman–Crippen LogP) is 26.2. The number of ether oxygens (including phenoxy) is 1. The third-order valence-corrected chi connectivity index (χ3v) is 21.2. The number of aryl methyl sites for hydroxylation is 1. The van der Waals surface area contributed by atoms with E-state index < -0.39 is 0 Å². The summed E-state index contributed by atoms with van der Waals surface area (Å²) in [5.74, 6) is 2.86. The third kappa shape index (κ3) is 11.7. The number of benzene rings is 9. The van der Waals surface area contributed by atoms with Crippen molar-refractivity contribution in [3.05, 3.63) is 227 Å². The van der Waals surface area contributed by atoms with Crippen molar-refractivity contribution < 1.29 is 9.15 Å². The van der Waals surface area contributed by atoms with Crippen LogP contribution in [-0.4, -0.2) is 16.2 Å². The average Bonchev–Trinajstić information content (AvgIpc) is 1.55. The number of hydrogen-bond acceptors (Lipinski definition) is 5. The van der Waals surface area contributed by atoms with Crippen molar-refractivity contribution in [2.45, 2.75) is 191 Å². The standard InChI is InChI=1S/C90H100N4O2/c1-54(2)67-30-27-31-68(55(3)4)81(67)59-45-64(49-66(46-59)95-65-37-38-73-78(50-65)94(80-51-74(56(5)52-91-80)90(21,22)89(18,19)20)77-40-39-72-71-29-23-26-36-79(71)96-84(72)82(73)77)92-53-93(76-35-25-24-34-75(76)92)83-69(57-41-60(85(6,7)8)47-61(42-57)86(9,10)11)32-28-33-70(83)58-43-62(87(12,13)14)48-63(44-58)88(15,16)17/h23-52,54-55H,53H2,1-22H3. The van der Waals surface area contributed by atoms with Crippen LogP contribution in [0.1, 0.15) is 202 Å². The number of nitrogens with zero attached hydrogens (tertiary/aromatic N) is 4. The lowest BCUT2D eigenvalue weighted by Gasteiger charge is -2.40. The highest BCUT2D eigenvalue weighted by atomic mass is 16.5. The summed E-state index contributed by atoms with van der Waals surface area (Å²) >= 11 is 0. The maximum absolute atomic E-state index is 7.52. The molecule has 0 saturated heterocycles. The number of anilines is 4. The fourth-order valence-electron chi connectivity index (χ4n) is 14.5. The van der Waals surface area contributed by atoms with Gasteiger partial charge in [-0.3, -0.25) is 4.57 Å². The zero-order valence-corrected chi connectivity index (χ0v) is 61.3. The Hall–Kier alpha value is -8.87. The van der Waals surface area contributed by atoms with E-state index in [1.807, 2.05) is 0 Å². The van der Waals surface area contributed by atoms with Gasteiger partial charge in [-0.25, -0.2) is 4.98 Å². The first-order valence-electron chi connectivity index (χ1n) is 35.0. The molecule has 0 unspecified atom stereocenters. The minimum absolute atomic E-state index is 0.0231. The van der Waals surface area contributed by atoms with Crippen LogP contribution >= 0.6 is 0 Å². The molecule has 0 bridgehead atoms. The molecule has 0 N–H and O–H groups in total. The van der Waals surface area contributed by atoms with Crippen LogP contribution in [0.3, 0.4) is 0 Å².